The number of cyclic esters (lactones) is 1. The number of esters is 1. The lowest BCUT2D eigenvalue weighted by molar-refractivity contribution is 0.0535. The zero-order chi connectivity index (χ0) is 13.0. The maximum Gasteiger partial charge on any atom is 0.338 e. The van der Waals surface area contributed by atoms with E-state index in [1.807, 2.05) is 24.3 Å². The third-order valence-corrected chi connectivity index (χ3v) is 3.12. The molecule has 0 saturated heterocycles. The molecule has 3 nitrogen and oxygen atoms in total. The zero-order valence-corrected chi connectivity index (χ0v) is 11.1. The molecule has 0 bridgehead atoms. The number of carbonyl (C=O) groups is 1. The molecule has 0 spiro atoms. The van der Waals surface area contributed by atoms with E-state index in [2.05, 4.69) is 15.9 Å². The first-order valence-corrected chi connectivity index (χ1v) is 6.16. The highest BCUT2D eigenvalue weighted by molar-refractivity contribution is 9.10. The van der Waals surface area contributed by atoms with Crippen LogP contribution in [-0.4, -0.2) is 11.1 Å². The van der Waals surface area contributed by atoms with Crippen LogP contribution in [0.4, 0.5) is 0 Å². The average Bonchev–Trinajstić information content (AvgIpc) is 2.77. The number of rotatable bonds is 0. The number of phenols is 1. The topological polar surface area (TPSA) is 46.5 Å². The number of benzene rings is 2. The van der Waals surface area contributed by atoms with Crippen LogP contribution >= 0.6 is 15.9 Å². The second-order valence-corrected chi connectivity index (χ2v) is 4.54. The van der Waals surface area contributed by atoms with E-state index in [4.69, 9.17) is 9.84 Å². The number of aromatic hydroxyl groups is 1. The van der Waals surface area contributed by atoms with Crippen LogP contribution in [0.5, 0.6) is 5.75 Å². The summed E-state index contributed by atoms with van der Waals surface area (Å²) in [6.45, 7) is 0.439. The fourth-order valence-electron chi connectivity index (χ4n) is 1.52. The van der Waals surface area contributed by atoms with Crippen molar-refractivity contribution in [2.75, 3.05) is 0 Å². The number of halogens is 1. The van der Waals surface area contributed by atoms with Crippen LogP contribution in [0.2, 0.25) is 0 Å². The van der Waals surface area contributed by atoms with E-state index < -0.39 is 0 Å². The highest BCUT2D eigenvalue weighted by Gasteiger charge is 2.18. The molecule has 0 aliphatic carbocycles. The fourth-order valence-corrected chi connectivity index (χ4v) is 1.80. The molecule has 1 aliphatic rings. The summed E-state index contributed by atoms with van der Waals surface area (Å²) >= 11 is 3.15. The van der Waals surface area contributed by atoms with Gasteiger partial charge in [-0.1, -0.05) is 30.3 Å². The van der Waals surface area contributed by atoms with Crippen molar-refractivity contribution in [2.45, 2.75) is 6.61 Å². The van der Waals surface area contributed by atoms with Gasteiger partial charge in [0.2, 0.25) is 0 Å². The minimum Gasteiger partial charge on any atom is -0.507 e. The highest BCUT2D eigenvalue weighted by Crippen LogP contribution is 2.21. The molecule has 1 N–H and O–H groups in total. The van der Waals surface area contributed by atoms with Gasteiger partial charge in [-0.25, -0.2) is 4.79 Å². The van der Waals surface area contributed by atoms with Gasteiger partial charge in [0.05, 0.1) is 10.0 Å². The van der Waals surface area contributed by atoms with Crippen molar-refractivity contribution in [3.8, 4) is 5.75 Å². The molecular weight excluding hydrogens is 296 g/mol. The molecule has 0 saturated carbocycles. The largest absolute Gasteiger partial charge is 0.507 e. The van der Waals surface area contributed by atoms with Crippen LogP contribution in [-0.2, 0) is 11.3 Å². The first-order valence-electron chi connectivity index (χ1n) is 5.37. The Morgan fingerprint density at radius 1 is 1.06 bits per heavy atom. The van der Waals surface area contributed by atoms with Gasteiger partial charge < -0.3 is 9.84 Å². The summed E-state index contributed by atoms with van der Waals surface area (Å²) in [6.07, 6.45) is 0. The van der Waals surface area contributed by atoms with Gasteiger partial charge in [-0.15, -0.1) is 0 Å². The maximum absolute atomic E-state index is 10.8. The molecule has 4 heteroatoms. The number of carbonyl (C=O) groups excluding carboxylic acids is 1. The lowest BCUT2D eigenvalue weighted by atomic mass is 10.1. The Hall–Kier alpha value is -1.81. The predicted octanol–water partition coefficient (Wildman–Crippen LogP) is 3.51. The third-order valence-electron chi connectivity index (χ3n) is 2.45. The van der Waals surface area contributed by atoms with Gasteiger partial charge in [0, 0.05) is 5.56 Å². The Bertz CT molecular complexity index is 545. The van der Waals surface area contributed by atoms with Crippen molar-refractivity contribution >= 4 is 21.9 Å². The molecule has 92 valence electrons. The van der Waals surface area contributed by atoms with Gasteiger partial charge in [0.1, 0.15) is 12.4 Å². The van der Waals surface area contributed by atoms with Gasteiger partial charge in [-0.05, 0) is 34.1 Å². The Morgan fingerprint density at radius 3 is 2.33 bits per heavy atom. The molecule has 0 amide bonds. The van der Waals surface area contributed by atoms with Crippen molar-refractivity contribution < 1.29 is 14.6 Å². The Balaban J connectivity index is 0.000000138. The lowest BCUT2D eigenvalue weighted by Crippen LogP contribution is -1.91. The summed E-state index contributed by atoms with van der Waals surface area (Å²) in [5.74, 6) is 0.0862. The highest BCUT2D eigenvalue weighted by atomic mass is 79.9. The number of fused-ring (bicyclic) bond motifs is 1. The molecule has 0 radical (unpaired) electrons. The van der Waals surface area contributed by atoms with Crippen LogP contribution in [0.15, 0.2) is 53.0 Å². The Labute approximate surface area is 113 Å². The second kappa shape index (κ2) is 5.69. The van der Waals surface area contributed by atoms with Crippen LogP contribution in [0.3, 0.4) is 0 Å². The smallest absolute Gasteiger partial charge is 0.338 e. The number of phenolic OH excluding ortho intramolecular Hbond substituents is 1. The van der Waals surface area contributed by atoms with E-state index in [1.54, 1.807) is 24.3 Å². The molecule has 0 atom stereocenters. The number of para-hydroxylation sites is 1. The number of ether oxygens (including phenoxy) is 1. The summed E-state index contributed by atoms with van der Waals surface area (Å²) in [6, 6.07) is 14.5. The first kappa shape index (κ1) is 12.6. The SMILES string of the molecule is O=C1OCc2ccccc21.Oc1ccccc1Br. The lowest BCUT2D eigenvalue weighted by Gasteiger charge is -1.90. The van der Waals surface area contributed by atoms with Crippen molar-refractivity contribution in [1.82, 2.24) is 0 Å². The summed E-state index contributed by atoms with van der Waals surface area (Å²) < 4.78 is 5.52. The summed E-state index contributed by atoms with van der Waals surface area (Å²) in [5.41, 5.74) is 1.70. The predicted molar refractivity (Wildman–Crippen MR) is 71.4 cm³/mol. The van der Waals surface area contributed by atoms with Gasteiger partial charge in [0.25, 0.3) is 0 Å². The minimum atomic E-state index is -0.199. The summed E-state index contributed by atoms with van der Waals surface area (Å²) in [4.78, 5) is 10.8. The number of hydrogen-bond donors (Lipinski definition) is 1. The standard InChI is InChI=1S/C8H6O2.C6H5BrO/c9-8-7-4-2-1-3-6(7)5-10-8;7-5-3-1-2-4-6(5)8/h1-4H,5H2;1-4,8H. The van der Waals surface area contributed by atoms with Crippen LogP contribution in [0.25, 0.3) is 0 Å². The number of hydrogen-bond acceptors (Lipinski definition) is 3. The monoisotopic (exact) mass is 306 g/mol. The van der Waals surface area contributed by atoms with E-state index in [-0.39, 0.29) is 11.7 Å². The van der Waals surface area contributed by atoms with Gasteiger partial charge in [-0.2, -0.15) is 0 Å². The molecule has 18 heavy (non-hydrogen) atoms. The van der Waals surface area contributed by atoms with E-state index in [9.17, 15) is 4.79 Å². The maximum atomic E-state index is 10.8. The summed E-state index contributed by atoms with van der Waals surface area (Å²) in [5, 5.41) is 8.87. The molecule has 1 aliphatic heterocycles. The van der Waals surface area contributed by atoms with Gasteiger partial charge in [0.15, 0.2) is 0 Å². The Kier molecular flexibility index (Phi) is 3.99. The first-order chi connectivity index (χ1) is 8.68. The Morgan fingerprint density at radius 2 is 1.72 bits per heavy atom. The van der Waals surface area contributed by atoms with Crippen LogP contribution in [0, 0.1) is 0 Å². The van der Waals surface area contributed by atoms with Crippen molar-refractivity contribution in [1.29, 1.82) is 0 Å². The molecule has 2 aromatic carbocycles. The normalized spacial score (nSPS) is 12.2. The van der Waals surface area contributed by atoms with Crippen LogP contribution < -0.4 is 0 Å². The molecule has 2 aromatic rings. The van der Waals surface area contributed by atoms with Crippen molar-refractivity contribution in [2.24, 2.45) is 0 Å². The van der Waals surface area contributed by atoms with E-state index in [0.717, 1.165) is 10.0 Å². The molecule has 0 aromatic heterocycles. The van der Waals surface area contributed by atoms with E-state index in [0.29, 0.717) is 12.2 Å². The second-order valence-electron chi connectivity index (χ2n) is 3.68. The van der Waals surface area contributed by atoms with Gasteiger partial charge in [-0.3, -0.25) is 0 Å². The molecule has 0 fully saturated rings. The quantitative estimate of drug-likeness (QED) is 0.758. The summed E-state index contributed by atoms with van der Waals surface area (Å²) in [7, 11) is 0. The fraction of sp³-hybridized carbons (Fsp3) is 0.0714. The van der Waals surface area contributed by atoms with Crippen LogP contribution in [0.1, 0.15) is 15.9 Å². The van der Waals surface area contributed by atoms with E-state index in [1.165, 1.54) is 0 Å². The third kappa shape index (κ3) is 2.90. The minimum absolute atomic E-state index is 0.199. The molecule has 0 unspecified atom stereocenters. The molecule has 3 rings (SSSR count). The zero-order valence-electron chi connectivity index (χ0n) is 9.47. The van der Waals surface area contributed by atoms with Crippen molar-refractivity contribution in [3.05, 3.63) is 64.1 Å². The van der Waals surface area contributed by atoms with Gasteiger partial charge >= 0.3 is 5.97 Å². The molecular formula is C14H11BrO3. The average molecular weight is 307 g/mol. The van der Waals surface area contributed by atoms with Crippen molar-refractivity contribution in [3.63, 3.8) is 0 Å². The van der Waals surface area contributed by atoms with E-state index >= 15 is 0 Å². The molecule has 1 heterocycles.